The first-order chi connectivity index (χ1) is 12.2. The molecule has 2 aliphatic rings. The third kappa shape index (κ3) is 3.17. The van der Waals surface area contributed by atoms with Crippen LogP contribution in [0.2, 0.25) is 0 Å². The molecule has 1 saturated heterocycles. The Bertz CT molecular complexity index is 752. The van der Waals surface area contributed by atoms with Gasteiger partial charge in [0.05, 0.1) is 37.7 Å². The van der Waals surface area contributed by atoms with Crippen molar-refractivity contribution in [3.8, 4) is 17.0 Å². The van der Waals surface area contributed by atoms with Crippen LogP contribution in [0.5, 0.6) is 5.75 Å². The number of aromatic hydroxyl groups is 1. The van der Waals surface area contributed by atoms with Gasteiger partial charge < -0.3 is 14.6 Å². The summed E-state index contributed by atoms with van der Waals surface area (Å²) in [6.45, 7) is 2.04. The van der Waals surface area contributed by atoms with Crippen molar-refractivity contribution in [2.75, 3.05) is 25.6 Å². The van der Waals surface area contributed by atoms with Crippen molar-refractivity contribution in [3.63, 3.8) is 0 Å². The highest BCUT2D eigenvalue weighted by Crippen LogP contribution is 2.37. The molecule has 0 amide bonds. The van der Waals surface area contributed by atoms with Crippen molar-refractivity contribution < 1.29 is 19.1 Å². The molecule has 0 radical (unpaired) electrons. The first-order valence-corrected chi connectivity index (χ1v) is 8.71. The molecule has 1 saturated carbocycles. The predicted molar refractivity (Wildman–Crippen MR) is 90.7 cm³/mol. The van der Waals surface area contributed by atoms with Gasteiger partial charge in [0.2, 0.25) is 0 Å². The van der Waals surface area contributed by atoms with Crippen LogP contribution in [0, 0.1) is 0 Å². The van der Waals surface area contributed by atoms with Crippen molar-refractivity contribution >= 4 is 5.95 Å². The van der Waals surface area contributed by atoms with E-state index in [1.54, 1.807) is 12.1 Å². The van der Waals surface area contributed by atoms with Gasteiger partial charge in [0.25, 0.3) is 0 Å². The Morgan fingerprint density at radius 3 is 2.68 bits per heavy atom. The highest BCUT2D eigenvalue weighted by molar-refractivity contribution is 5.64. The second-order valence-corrected chi connectivity index (χ2v) is 6.81. The summed E-state index contributed by atoms with van der Waals surface area (Å²) in [6, 6.07) is 7.36. The largest absolute Gasteiger partial charge is 0.507 e. The Morgan fingerprint density at radius 2 is 1.96 bits per heavy atom. The maximum atomic E-state index is 10.1. The van der Waals surface area contributed by atoms with Gasteiger partial charge in [-0.2, -0.15) is 0 Å². The van der Waals surface area contributed by atoms with Gasteiger partial charge >= 0.3 is 5.95 Å². The van der Waals surface area contributed by atoms with E-state index in [0.29, 0.717) is 37.0 Å². The van der Waals surface area contributed by atoms with Gasteiger partial charge in [-0.3, -0.25) is 5.73 Å². The SMILES string of the molecule is Nc1nnc(-c2ccccc2O)c[n+]1C1CCC2(CC1)COCCO2. The minimum absolute atomic E-state index is 0.134. The molecule has 2 heterocycles. The van der Waals surface area contributed by atoms with Crippen molar-refractivity contribution in [1.29, 1.82) is 0 Å². The summed E-state index contributed by atoms with van der Waals surface area (Å²) in [5.74, 6) is 0.574. The zero-order chi connectivity index (χ0) is 17.3. The molecular formula is C18H23N4O3+. The van der Waals surface area contributed by atoms with Gasteiger partial charge in [0.1, 0.15) is 11.4 Å². The fourth-order valence-corrected chi connectivity index (χ4v) is 3.80. The summed E-state index contributed by atoms with van der Waals surface area (Å²) < 4.78 is 13.6. The first kappa shape index (κ1) is 16.2. The van der Waals surface area contributed by atoms with E-state index in [2.05, 4.69) is 10.2 Å². The molecule has 1 aromatic heterocycles. The van der Waals surface area contributed by atoms with Gasteiger partial charge in [-0.15, -0.1) is 0 Å². The molecule has 2 fully saturated rings. The topological polar surface area (TPSA) is 94.4 Å². The van der Waals surface area contributed by atoms with E-state index in [0.717, 1.165) is 25.7 Å². The smallest absolute Gasteiger partial charge is 0.412 e. The summed E-state index contributed by atoms with van der Waals surface area (Å²) >= 11 is 0. The third-order valence-corrected chi connectivity index (χ3v) is 5.23. The maximum absolute atomic E-state index is 10.1. The molecule has 0 atom stereocenters. The van der Waals surface area contributed by atoms with E-state index in [1.807, 2.05) is 22.9 Å². The number of para-hydroxylation sites is 1. The molecule has 2 aromatic rings. The third-order valence-electron chi connectivity index (χ3n) is 5.23. The summed E-state index contributed by atoms with van der Waals surface area (Å²) in [7, 11) is 0. The molecule has 1 spiro atoms. The number of hydrogen-bond donors (Lipinski definition) is 2. The number of hydrogen-bond acceptors (Lipinski definition) is 6. The van der Waals surface area contributed by atoms with Crippen molar-refractivity contribution in [1.82, 2.24) is 10.2 Å². The molecule has 1 aromatic carbocycles. The molecule has 0 unspecified atom stereocenters. The second kappa shape index (κ2) is 6.57. The Morgan fingerprint density at radius 1 is 1.16 bits per heavy atom. The number of aromatic nitrogens is 3. The van der Waals surface area contributed by atoms with Crippen LogP contribution in [-0.2, 0) is 9.47 Å². The van der Waals surface area contributed by atoms with Crippen LogP contribution < -0.4 is 10.3 Å². The van der Waals surface area contributed by atoms with Crippen LogP contribution in [0.15, 0.2) is 30.5 Å². The van der Waals surface area contributed by atoms with E-state index in [4.69, 9.17) is 15.2 Å². The minimum Gasteiger partial charge on any atom is -0.507 e. The van der Waals surface area contributed by atoms with Crippen LogP contribution in [0.3, 0.4) is 0 Å². The summed E-state index contributed by atoms with van der Waals surface area (Å²) in [5, 5.41) is 18.3. The predicted octanol–water partition coefficient (Wildman–Crippen LogP) is 1.62. The van der Waals surface area contributed by atoms with E-state index in [9.17, 15) is 5.11 Å². The average Bonchev–Trinajstić information content (AvgIpc) is 2.64. The van der Waals surface area contributed by atoms with Gasteiger partial charge in [0.15, 0.2) is 0 Å². The first-order valence-electron chi connectivity index (χ1n) is 8.71. The standard InChI is InChI=1S/C18H22N4O3/c19-17-21-20-15(14-3-1-2-4-16(14)23)11-22(17)13-5-7-18(8-6-13)12-24-9-10-25-18/h1-4,11,13,19,23H,5-10,12H2/p+1. The van der Waals surface area contributed by atoms with Crippen molar-refractivity contribution in [3.05, 3.63) is 30.5 Å². The Kier molecular flexibility index (Phi) is 4.27. The van der Waals surface area contributed by atoms with Crippen LogP contribution in [0.25, 0.3) is 11.3 Å². The van der Waals surface area contributed by atoms with Crippen molar-refractivity contribution in [2.24, 2.45) is 0 Å². The van der Waals surface area contributed by atoms with Crippen molar-refractivity contribution in [2.45, 2.75) is 37.3 Å². The number of rotatable bonds is 2. The van der Waals surface area contributed by atoms with Crippen LogP contribution in [0.1, 0.15) is 31.7 Å². The highest BCUT2D eigenvalue weighted by Gasteiger charge is 2.40. The zero-order valence-electron chi connectivity index (χ0n) is 14.1. The number of anilines is 1. The lowest BCUT2D eigenvalue weighted by atomic mass is 9.82. The fraction of sp³-hybridized carbons (Fsp3) is 0.500. The van der Waals surface area contributed by atoms with E-state index < -0.39 is 0 Å². The number of nitrogens with two attached hydrogens (primary N) is 1. The highest BCUT2D eigenvalue weighted by atomic mass is 16.6. The molecule has 4 rings (SSSR count). The normalized spacial score (nSPS) is 26.6. The Hall–Kier alpha value is -2.25. The molecule has 7 heteroatoms. The fourth-order valence-electron chi connectivity index (χ4n) is 3.80. The van der Waals surface area contributed by atoms with Gasteiger partial charge in [-0.1, -0.05) is 17.2 Å². The van der Waals surface area contributed by atoms with Gasteiger partial charge in [0, 0.05) is 10.7 Å². The number of benzene rings is 1. The number of nitrogen functional groups attached to an aromatic ring is 1. The van der Waals surface area contributed by atoms with Gasteiger partial charge in [-0.25, -0.2) is 4.57 Å². The summed E-state index contributed by atoms with van der Waals surface area (Å²) in [6.07, 6.45) is 5.67. The molecule has 1 aliphatic carbocycles. The zero-order valence-corrected chi connectivity index (χ0v) is 14.1. The molecular weight excluding hydrogens is 320 g/mol. The molecule has 132 valence electrons. The molecule has 25 heavy (non-hydrogen) atoms. The lowest BCUT2D eigenvalue weighted by Crippen LogP contribution is -2.51. The molecule has 3 N–H and O–H groups in total. The van der Waals surface area contributed by atoms with E-state index in [1.165, 1.54) is 0 Å². The van der Waals surface area contributed by atoms with E-state index in [-0.39, 0.29) is 17.4 Å². The molecule has 1 aliphatic heterocycles. The lowest BCUT2D eigenvalue weighted by molar-refractivity contribution is -0.715. The van der Waals surface area contributed by atoms with E-state index >= 15 is 0 Å². The van der Waals surface area contributed by atoms with Gasteiger partial charge in [-0.05, 0) is 37.8 Å². The van der Waals surface area contributed by atoms with Crippen LogP contribution in [0.4, 0.5) is 5.95 Å². The lowest BCUT2D eigenvalue weighted by Gasteiger charge is -2.41. The Balaban J connectivity index is 1.57. The quantitative estimate of drug-likeness (QED) is 0.805. The monoisotopic (exact) mass is 343 g/mol. The molecule has 0 bridgehead atoms. The number of ether oxygens (including phenoxy) is 2. The second-order valence-electron chi connectivity index (χ2n) is 6.81. The minimum atomic E-state index is -0.134. The number of phenolic OH excluding ortho intramolecular Hbond substituents is 1. The summed E-state index contributed by atoms with van der Waals surface area (Å²) in [5.41, 5.74) is 7.21. The van der Waals surface area contributed by atoms with Crippen LogP contribution >= 0.6 is 0 Å². The summed E-state index contributed by atoms with van der Waals surface area (Å²) in [4.78, 5) is 0. The average molecular weight is 343 g/mol. The number of nitrogens with zero attached hydrogens (tertiary/aromatic N) is 3. The maximum Gasteiger partial charge on any atom is 0.412 e. The van der Waals surface area contributed by atoms with Crippen LogP contribution in [-0.4, -0.2) is 40.7 Å². The Labute approximate surface area is 146 Å². The molecule has 7 nitrogen and oxygen atoms in total. The number of phenols is 1.